The van der Waals surface area contributed by atoms with E-state index in [2.05, 4.69) is 232 Å². The lowest BCUT2D eigenvalue weighted by atomic mass is 9.72. The zero-order valence-electron chi connectivity index (χ0n) is 34.8. The van der Waals surface area contributed by atoms with E-state index in [9.17, 15) is 0 Å². The molecule has 0 spiro atoms. The summed E-state index contributed by atoms with van der Waals surface area (Å²) in [5.41, 5.74) is 19.1. The second kappa shape index (κ2) is 13.1. The van der Waals surface area contributed by atoms with Gasteiger partial charge in [0.1, 0.15) is 0 Å². The monoisotopic (exact) mass is 784 g/mol. The van der Waals surface area contributed by atoms with Crippen LogP contribution in [0.5, 0.6) is 11.5 Å². The highest BCUT2D eigenvalue weighted by molar-refractivity contribution is 6.07. The van der Waals surface area contributed by atoms with Gasteiger partial charge in [0.2, 0.25) is 0 Å². The van der Waals surface area contributed by atoms with Crippen molar-refractivity contribution in [3.63, 3.8) is 0 Å². The Labute approximate surface area is 357 Å². The fraction of sp³-hybridized carbons (Fsp3) is 0.103. The molecule has 0 bridgehead atoms. The lowest BCUT2D eigenvalue weighted by Gasteiger charge is -2.45. The van der Waals surface area contributed by atoms with Crippen molar-refractivity contribution in [1.29, 1.82) is 0 Å². The molecule has 3 nitrogen and oxygen atoms in total. The Kier molecular flexibility index (Phi) is 7.62. The standard InChI is InChI=1S/C58H44N2O/c1-57(2)48-19-11-10-18-46(48)47-32-31-43(36-51(47)57)59(41-15-6-5-7-16-41)42-29-26-38(27-30-42)37-22-24-40(25-23-37)45-33-34-50-55-56(45)61-53-35-28-39-14-8-9-17-44(39)54(53)60(55)52-21-13-12-20-49(52)58(50,3)4/h5-36H,1-4H3. The van der Waals surface area contributed by atoms with Crippen molar-refractivity contribution in [2.24, 2.45) is 0 Å². The quantitative estimate of drug-likeness (QED) is 0.173. The van der Waals surface area contributed by atoms with E-state index in [0.717, 1.165) is 51.1 Å². The van der Waals surface area contributed by atoms with Crippen LogP contribution < -0.4 is 14.5 Å². The fourth-order valence-electron chi connectivity index (χ4n) is 10.5. The van der Waals surface area contributed by atoms with Gasteiger partial charge in [0.05, 0.1) is 17.1 Å². The predicted octanol–water partition coefficient (Wildman–Crippen LogP) is 16.2. The van der Waals surface area contributed by atoms with E-state index in [1.807, 2.05) is 0 Å². The van der Waals surface area contributed by atoms with Crippen LogP contribution in [0.15, 0.2) is 194 Å². The Balaban J connectivity index is 0.911. The molecule has 0 radical (unpaired) electrons. The van der Waals surface area contributed by atoms with Crippen LogP contribution in [0.3, 0.4) is 0 Å². The molecule has 0 saturated heterocycles. The summed E-state index contributed by atoms with van der Waals surface area (Å²) in [6, 6.07) is 70.9. The molecule has 9 aromatic carbocycles. The van der Waals surface area contributed by atoms with Crippen LogP contribution in [-0.4, -0.2) is 0 Å². The Morgan fingerprint density at radius 1 is 0.410 bits per heavy atom. The van der Waals surface area contributed by atoms with Gasteiger partial charge in [-0.05, 0) is 104 Å². The van der Waals surface area contributed by atoms with Gasteiger partial charge in [-0.25, -0.2) is 0 Å². The van der Waals surface area contributed by atoms with E-state index < -0.39 is 0 Å². The molecule has 292 valence electrons. The third kappa shape index (κ3) is 5.23. The summed E-state index contributed by atoms with van der Waals surface area (Å²) in [5, 5.41) is 2.38. The number of fused-ring (bicyclic) bond motifs is 9. The minimum Gasteiger partial charge on any atom is -0.452 e. The van der Waals surface area contributed by atoms with Gasteiger partial charge in [-0.3, -0.25) is 0 Å². The lowest BCUT2D eigenvalue weighted by molar-refractivity contribution is 0.474. The zero-order chi connectivity index (χ0) is 41.0. The highest BCUT2D eigenvalue weighted by atomic mass is 16.5. The summed E-state index contributed by atoms with van der Waals surface area (Å²) in [4.78, 5) is 4.84. The Hall–Kier alpha value is -7.36. The molecular weight excluding hydrogens is 741 g/mol. The molecule has 0 amide bonds. The summed E-state index contributed by atoms with van der Waals surface area (Å²) < 4.78 is 7.06. The number of hydrogen-bond donors (Lipinski definition) is 0. The summed E-state index contributed by atoms with van der Waals surface area (Å²) in [5.74, 6) is 1.77. The fourth-order valence-corrected chi connectivity index (χ4v) is 10.5. The van der Waals surface area contributed by atoms with Gasteiger partial charge in [0.25, 0.3) is 0 Å². The zero-order valence-corrected chi connectivity index (χ0v) is 34.8. The molecule has 3 aliphatic rings. The lowest BCUT2D eigenvalue weighted by Crippen LogP contribution is -2.32. The Bertz CT molecular complexity index is 3220. The van der Waals surface area contributed by atoms with Gasteiger partial charge in [-0.1, -0.05) is 173 Å². The summed E-state index contributed by atoms with van der Waals surface area (Å²) in [7, 11) is 0. The number of benzene rings is 9. The van der Waals surface area contributed by atoms with Crippen molar-refractivity contribution in [3.05, 3.63) is 216 Å². The number of anilines is 6. The first-order valence-corrected chi connectivity index (χ1v) is 21.3. The maximum atomic E-state index is 7.06. The summed E-state index contributed by atoms with van der Waals surface area (Å²) in [6.45, 7) is 9.36. The van der Waals surface area contributed by atoms with Crippen molar-refractivity contribution in [2.45, 2.75) is 38.5 Å². The SMILES string of the molecule is CC1(C)c2ccccc2-c2ccc(N(c3ccccc3)c3ccc(-c4ccc(-c5ccc6c7c5Oc5ccc8ccccc8c5N7c5ccccc5C6(C)C)cc4)cc3)cc21. The molecule has 0 atom stereocenters. The number of ether oxygens (including phenoxy) is 1. The largest absolute Gasteiger partial charge is 0.452 e. The van der Waals surface area contributed by atoms with Crippen molar-refractivity contribution in [3.8, 4) is 44.9 Å². The smallest absolute Gasteiger partial charge is 0.159 e. The average molecular weight is 785 g/mol. The molecular formula is C58H44N2O. The maximum Gasteiger partial charge on any atom is 0.159 e. The second-order valence-electron chi connectivity index (χ2n) is 17.7. The summed E-state index contributed by atoms with van der Waals surface area (Å²) >= 11 is 0. The van der Waals surface area contributed by atoms with Crippen LogP contribution in [0.4, 0.5) is 34.1 Å². The predicted molar refractivity (Wildman–Crippen MR) is 254 cm³/mol. The van der Waals surface area contributed by atoms with Gasteiger partial charge in [-0.15, -0.1) is 0 Å². The van der Waals surface area contributed by atoms with Gasteiger partial charge in [0.15, 0.2) is 11.5 Å². The molecule has 3 heteroatoms. The molecule has 1 aliphatic carbocycles. The van der Waals surface area contributed by atoms with E-state index >= 15 is 0 Å². The second-order valence-corrected chi connectivity index (χ2v) is 17.7. The first kappa shape index (κ1) is 35.6. The molecule has 9 aromatic rings. The van der Waals surface area contributed by atoms with Crippen LogP contribution in [0.1, 0.15) is 49.9 Å². The minimum atomic E-state index is -0.212. The third-order valence-corrected chi connectivity index (χ3v) is 13.6. The van der Waals surface area contributed by atoms with Crippen molar-refractivity contribution >= 4 is 44.9 Å². The van der Waals surface area contributed by atoms with Crippen LogP contribution >= 0.6 is 0 Å². The number of rotatable bonds is 5. The highest BCUT2D eigenvalue weighted by Crippen LogP contribution is 2.63. The number of nitrogens with zero attached hydrogens (tertiary/aromatic N) is 2. The van der Waals surface area contributed by atoms with Crippen molar-refractivity contribution in [2.75, 3.05) is 9.80 Å². The van der Waals surface area contributed by atoms with E-state index in [1.54, 1.807) is 0 Å². The third-order valence-electron chi connectivity index (χ3n) is 13.6. The molecule has 12 rings (SSSR count). The van der Waals surface area contributed by atoms with Gasteiger partial charge >= 0.3 is 0 Å². The number of hydrogen-bond acceptors (Lipinski definition) is 3. The molecule has 0 aromatic heterocycles. The molecule has 0 fully saturated rings. The van der Waals surface area contributed by atoms with Gasteiger partial charge in [-0.2, -0.15) is 0 Å². The number of para-hydroxylation sites is 2. The highest BCUT2D eigenvalue weighted by Gasteiger charge is 2.43. The normalized spacial score (nSPS) is 14.6. The molecule has 2 heterocycles. The average Bonchev–Trinajstić information content (AvgIpc) is 3.53. The van der Waals surface area contributed by atoms with E-state index in [4.69, 9.17) is 4.74 Å². The molecule has 61 heavy (non-hydrogen) atoms. The summed E-state index contributed by atoms with van der Waals surface area (Å²) in [6.07, 6.45) is 0. The Morgan fingerprint density at radius 2 is 1.00 bits per heavy atom. The molecule has 2 aliphatic heterocycles. The molecule has 0 unspecified atom stereocenters. The van der Waals surface area contributed by atoms with Gasteiger partial charge in [0, 0.05) is 38.8 Å². The van der Waals surface area contributed by atoms with Crippen LogP contribution in [0, 0.1) is 0 Å². The van der Waals surface area contributed by atoms with Crippen molar-refractivity contribution in [1.82, 2.24) is 0 Å². The minimum absolute atomic E-state index is 0.0793. The topological polar surface area (TPSA) is 15.7 Å². The van der Waals surface area contributed by atoms with Gasteiger partial charge < -0.3 is 14.5 Å². The first-order chi connectivity index (χ1) is 29.8. The molecule has 0 N–H and O–H groups in total. The Morgan fingerprint density at radius 3 is 1.80 bits per heavy atom. The van der Waals surface area contributed by atoms with Crippen molar-refractivity contribution < 1.29 is 4.74 Å². The maximum absolute atomic E-state index is 7.06. The van der Waals surface area contributed by atoms with Crippen LogP contribution in [0.2, 0.25) is 0 Å². The van der Waals surface area contributed by atoms with E-state index in [0.29, 0.717) is 0 Å². The van der Waals surface area contributed by atoms with Crippen LogP contribution in [-0.2, 0) is 10.8 Å². The van der Waals surface area contributed by atoms with Crippen LogP contribution in [0.25, 0.3) is 44.2 Å². The van der Waals surface area contributed by atoms with E-state index in [-0.39, 0.29) is 10.8 Å². The molecule has 0 saturated carbocycles. The van der Waals surface area contributed by atoms with E-state index in [1.165, 1.54) is 61.0 Å². The first-order valence-electron chi connectivity index (χ1n) is 21.3.